The molecule has 0 aliphatic carbocycles. The predicted octanol–water partition coefficient (Wildman–Crippen LogP) is 2.98. The Morgan fingerprint density at radius 3 is 2.89 bits per heavy atom. The average Bonchev–Trinajstić information content (AvgIpc) is 2.37. The van der Waals surface area contributed by atoms with Gasteiger partial charge in [0.25, 0.3) is 0 Å². The highest BCUT2D eigenvalue weighted by atomic mass is 19.4. The van der Waals surface area contributed by atoms with Crippen LogP contribution in [0.15, 0.2) is 12.1 Å². The van der Waals surface area contributed by atoms with Crippen LogP contribution in [0.2, 0.25) is 0 Å². The van der Waals surface area contributed by atoms with Gasteiger partial charge in [-0.3, -0.25) is 0 Å². The molecule has 1 saturated heterocycles. The van der Waals surface area contributed by atoms with Crippen molar-refractivity contribution in [3.05, 3.63) is 29.1 Å². The number of hydrogen-bond donors (Lipinski definition) is 1. The number of pyridine rings is 1. The lowest BCUT2D eigenvalue weighted by atomic mass is 9.89. The average molecular weight is 272 g/mol. The van der Waals surface area contributed by atoms with Crippen molar-refractivity contribution in [3.8, 4) is 0 Å². The van der Waals surface area contributed by atoms with Crippen molar-refractivity contribution in [2.75, 3.05) is 6.54 Å². The van der Waals surface area contributed by atoms with E-state index < -0.39 is 18.0 Å². The molecule has 3 rings (SSSR count). The first-order valence-electron chi connectivity index (χ1n) is 6.43. The zero-order valence-electron chi connectivity index (χ0n) is 10.5. The largest absolute Gasteiger partial charge is 0.433 e. The fraction of sp³-hybridized carbons (Fsp3) is 0.615. The Labute approximate surface area is 109 Å². The summed E-state index contributed by atoms with van der Waals surface area (Å²) in [5, 5.41) is 3.31. The maximum absolute atomic E-state index is 12.7. The Bertz CT molecular complexity index is 489. The third-order valence-corrected chi connectivity index (χ3v) is 3.75. The van der Waals surface area contributed by atoms with Crippen molar-refractivity contribution in [2.24, 2.45) is 0 Å². The lowest BCUT2D eigenvalue weighted by Crippen LogP contribution is -2.43. The van der Waals surface area contributed by atoms with Crippen LogP contribution in [0.4, 0.5) is 13.2 Å². The number of aromatic nitrogens is 1. The quantitative estimate of drug-likeness (QED) is 0.788. The molecule has 104 valence electrons. The van der Waals surface area contributed by atoms with Crippen molar-refractivity contribution in [1.82, 2.24) is 10.3 Å². The Morgan fingerprint density at radius 2 is 2.16 bits per heavy atom. The number of fused-ring (bicyclic) bond motifs is 3. The first-order valence-corrected chi connectivity index (χ1v) is 6.43. The van der Waals surface area contributed by atoms with Crippen molar-refractivity contribution in [1.29, 1.82) is 0 Å². The lowest BCUT2D eigenvalue weighted by Gasteiger charge is -2.40. The summed E-state index contributed by atoms with van der Waals surface area (Å²) in [6, 6.07) is 2.57. The van der Waals surface area contributed by atoms with Crippen LogP contribution in [0, 0.1) is 0 Å². The van der Waals surface area contributed by atoms with Gasteiger partial charge in [0, 0.05) is 0 Å². The van der Waals surface area contributed by atoms with Crippen molar-refractivity contribution < 1.29 is 17.9 Å². The van der Waals surface area contributed by atoms with Crippen LogP contribution >= 0.6 is 0 Å². The second-order valence-electron chi connectivity index (χ2n) is 5.06. The van der Waals surface area contributed by atoms with Crippen molar-refractivity contribution >= 4 is 0 Å². The number of hydrogen-bond acceptors (Lipinski definition) is 3. The zero-order chi connectivity index (χ0) is 13.6. The molecule has 3 nitrogen and oxygen atoms in total. The SMILES string of the molecule is C[C@H]1O[C@H]2CCCN[C@H]2c2ccc(C(F)(F)F)nc21. The van der Waals surface area contributed by atoms with Crippen LogP contribution in [0.1, 0.15) is 48.9 Å². The highest BCUT2D eigenvalue weighted by Crippen LogP contribution is 2.40. The highest BCUT2D eigenvalue weighted by molar-refractivity contribution is 5.32. The minimum Gasteiger partial charge on any atom is -0.367 e. The molecule has 0 bridgehead atoms. The Hall–Kier alpha value is -1.14. The van der Waals surface area contributed by atoms with Crippen LogP contribution in [0.25, 0.3) is 0 Å². The van der Waals surface area contributed by atoms with Gasteiger partial charge in [0.15, 0.2) is 0 Å². The molecule has 1 aromatic heterocycles. The summed E-state index contributed by atoms with van der Waals surface area (Å²) in [5.41, 5.74) is 0.401. The molecule has 3 heterocycles. The number of piperidine rings is 1. The number of ether oxygens (including phenoxy) is 1. The molecule has 2 aliphatic heterocycles. The first kappa shape index (κ1) is 12.9. The summed E-state index contributed by atoms with van der Waals surface area (Å²) < 4.78 is 43.9. The molecule has 0 radical (unpaired) electrons. The molecule has 0 saturated carbocycles. The standard InChI is InChI=1S/C13H15F3N2O/c1-7-11-8(4-5-10(18-11)13(14,15)16)12-9(19-7)3-2-6-17-12/h4-5,7,9,12,17H,2-3,6H2,1H3/t7-,9+,12+/m1/s1. The fourth-order valence-electron chi connectivity index (χ4n) is 2.87. The van der Waals surface area contributed by atoms with Gasteiger partial charge in [-0.1, -0.05) is 6.07 Å². The van der Waals surface area contributed by atoms with E-state index >= 15 is 0 Å². The number of alkyl halides is 3. The Morgan fingerprint density at radius 1 is 1.37 bits per heavy atom. The Kier molecular flexibility index (Phi) is 3.02. The van der Waals surface area contributed by atoms with Crippen LogP contribution in [-0.2, 0) is 10.9 Å². The molecule has 6 heteroatoms. The first-order chi connectivity index (χ1) is 8.97. The number of rotatable bonds is 0. The predicted molar refractivity (Wildman–Crippen MR) is 62.5 cm³/mol. The van der Waals surface area contributed by atoms with Crippen LogP contribution < -0.4 is 5.32 Å². The van der Waals surface area contributed by atoms with Crippen molar-refractivity contribution in [2.45, 2.75) is 44.2 Å². The van der Waals surface area contributed by atoms with E-state index in [0.717, 1.165) is 31.0 Å². The summed E-state index contributed by atoms with van der Waals surface area (Å²) in [6.45, 7) is 2.62. The zero-order valence-corrected chi connectivity index (χ0v) is 10.5. The van der Waals surface area contributed by atoms with E-state index in [0.29, 0.717) is 5.69 Å². The Balaban J connectivity index is 2.02. The number of nitrogens with one attached hydrogen (secondary N) is 1. The second-order valence-corrected chi connectivity index (χ2v) is 5.06. The number of nitrogens with zero attached hydrogens (tertiary/aromatic N) is 1. The third-order valence-electron chi connectivity index (χ3n) is 3.75. The number of halogens is 3. The molecule has 0 spiro atoms. The molecular weight excluding hydrogens is 257 g/mol. The molecule has 1 N–H and O–H groups in total. The molecule has 19 heavy (non-hydrogen) atoms. The second kappa shape index (κ2) is 4.45. The fourth-order valence-corrected chi connectivity index (χ4v) is 2.87. The van der Waals surface area contributed by atoms with Gasteiger partial charge in [0.2, 0.25) is 0 Å². The summed E-state index contributed by atoms with van der Waals surface area (Å²) >= 11 is 0. The maximum atomic E-state index is 12.7. The maximum Gasteiger partial charge on any atom is 0.433 e. The van der Waals surface area contributed by atoms with Crippen LogP contribution in [0.3, 0.4) is 0 Å². The van der Waals surface area contributed by atoms with E-state index in [1.54, 1.807) is 13.0 Å². The van der Waals surface area contributed by atoms with E-state index in [1.165, 1.54) is 0 Å². The van der Waals surface area contributed by atoms with Gasteiger partial charge in [0.05, 0.1) is 23.9 Å². The molecule has 0 amide bonds. The van der Waals surface area contributed by atoms with Crippen LogP contribution in [0.5, 0.6) is 0 Å². The molecule has 0 aromatic carbocycles. The van der Waals surface area contributed by atoms with E-state index in [1.807, 2.05) is 0 Å². The van der Waals surface area contributed by atoms with Gasteiger partial charge in [-0.05, 0) is 37.9 Å². The monoisotopic (exact) mass is 272 g/mol. The van der Waals surface area contributed by atoms with Gasteiger partial charge in [-0.15, -0.1) is 0 Å². The smallest absolute Gasteiger partial charge is 0.367 e. The molecule has 3 atom stereocenters. The van der Waals surface area contributed by atoms with E-state index in [2.05, 4.69) is 10.3 Å². The normalized spacial score (nSPS) is 30.6. The highest BCUT2D eigenvalue weighted by Gasteiger charge is 2.39. The molecule has 2 aliphatic rings. The van der Waals surface area contributed by atoms with Crippen LogP contribution in [-0.4, -0.2) is 17.6 Å². The molecular formula is C13H15F3N2O. The molecule has 0 unspecified atom stereocenters. The van der Waals surface area contributed by atoms with Crippen molar-refractivity contribution in [3.63, 3.8) is 0 Å². The summed E-state index contributed by atoms with van der Waals surface area (Å²) in [4.78, 5) is 3.77. The van der Waals surface area contributed by atoms with E-state index in [4.69, 9.17) is 4.74 Å². The summed E-state index contributed by atoms with van der Waals surface area (Å²) in [7, 11) is 0. The van der Waals surface area contributed by atoms with Gasteiger partial charge in [0.1, 0.15) is 5.69 Å². The minimum absolute atomic E-state index is 0.0327. The van der Waals surface area contributed by atoms with Gasteiger partial charge < -0.3 is 10.1 Å². The van der Waals surface area contributed by atoms with E-state index in [9.17, 15) is 13.2 Å². The lowest BCUT2D eigenvalue weighted by molar-refractivity contribution is -0.141. The summed E-state index contributed by atoms with van der Waals surface area (Å²) in [6.07, 6.45) is -2.81. The minimum atomic E-state index is -4.41. The summed E-state index contributed by atoms with van der Waals surface area (Å²) in [5.74, 6) is 0. The molecule has 1 aromatic rings. The van der Waals surface area contributed by atoms with E-state index in [-0.39, 0.29) is 12.1 Å². The van der Waals surface area contributed by atoms with Gasteiger partial charge >= 0.3 is 6.18 Å². The van der Waals surface area contributed by atoms with Gasteiger partial charge in [-0.25, -0.2) is 4.98 Å². The van der Waals surface area contributed by atoms with Gasteiger partial charge in [-0.2, -0.15) is 13.2 Å². The topological polar surface area (TPSA) is 34.1 Å². The third kappa shape index (κ3) is 2.23. The molecule has 1 fully saturated rings.